The Morgan fingerprint density at radius 1 is 1.06 bits per heavy atom. The standard InChI is InChI=1S/C15H14Cl2O/c1-2-18-14-8-6-11(7-9-14)15(17)12-4-3-5-13(16)10-12/h3-10,15H,2H2,1H3. The number of hydrogen-bond donors (Lipinski definition) is 0. The first kappa shape index (κ1) is 13.3. The molecule has 0 spiro atoms. The van der Waals surface area contributed by atoms with Crippen molar-refractivity contribution < 1.29 is 4.74 Å². The summed E-state index contributed by atoms with van der Waals surface area (Å²) in [4.78, 5) is 0. The zero-order valence-electron chi connectivity index (χ0n) is 10.1. The van der Waals surface area contributed by atoms with Gasteiger partial charge in [0.2, 0.25) is 0 Å². The highest BCUT2D eigenvalue weighted by Crippen LogP contribution is 2.31. The van der Waals surface area contributed by atoms with E-state index in [-0.39, 0.29) is 5.38 Å². The Labute approximate surface area is 117 Å². The van der Waals surface area contributed by atoms with Gasteiger partial charge in [0, 0.05) is 5.02 Å². The fourth-order valence-corrected chi connectivity index (χ4v) is 2.24. The summed E-state index contributed by atoms with van der Waals surface area (Å²) >= 11 is 12.4. The second-order valence-corrected chi connectivity index (χ2v) is 4.79. The minimum absolute atomic E-state index is 0.195. The molecule has 3 heteroatoms. The molecule has 0 aliphatic heterocycles. The molecule has 0 bridgehead atoms. The van der Waals surface area contributed by atoms with Gasteiger partial charge in [0.05, 0.1) is 12.0 Å². The molecule has 0 aliphatic carbocycles. The summed E-state index contributed by atoms with van der Waals surface area (Å²) < 4.78 is 5.40. The Balaban J connectivity index is 2.20. The zero-order chi connectivity index (χ0) is 13.0. The fourth-order valence-electron chi connectivity index (χ4n) is 1.76. The smallest absolute Gasteiger partial charge is 0.119 e. The molecule has 18 heavy (non-hydrogen) atoms. The van der Waals surface area contributed by atoms with Crippen LogP contribution in [0.4, 0.5) is 0 Å². The third-order valence-electron chi connectivity index (χ3n) is 2.63. The van der Waals surface area contributed by atoms with Crippen molar-refractivity contribution in [3.8, 4) is 5.75 Å². The molecule has 0 N–H and O–H groups in total. The fraction of sp³-hybridized carbons (Fsp3) is 0.200. The van der Waals surface area contributed by atoms with Crippen molar-refractivity contribution >= 4 is 23.2 Å². The monoisotopic (exact) mass is 280 g/mol. The van der Waals surface area contributed by atoms with E-state index in [9.17, 15) is 0 Å². The van der Waals surface area contributed by atoms with Crippen molar-refractivity contribution in [3.63, 3.8) is 0 Å². The molecule has 1 unspecified atom stereocenters. The van der Waals surface area contributed by atoms with Crippen LogP contribution in [0.15, 0.2) is 48.5 Å². The molecule has 0 saturated carbocycles. The lowest BCUT2D eigenvalue weighted by Crippen LogP contribution is -1.95. The minimum atomic E-state index is -0.195. The Kier molecular flexibility index (Phi) is 4.51. The van der Waals surface area contributed by atoms with Gasteiger partial charge in [0.25, 0.3) is 0 Å². The summed E-state index contributed by atoms with van der Waals surface area (Å²) in [5, 5.41) is 0.503. The maximum Gasteiger partial charge on any atom is 0.119 e. The van der Waals surface area contributed by atoms with Crippen LogP contribution in [-0.2, 0) is 0 Å². The van der Waals surface area contributed by atoms with Crippen LogP contribution in [0.5, 0.6) is 5.75 Å². The highest BCUT2D eigenvalue weighted by atomic mass is 35.5. The molecule has 0 aliphatic rings. The topological polar surface area (TPSA) is 9.23 Å². The maximum absolute atomic E-state index is 6.43. The SMILES string of the molecule is CCOc1ccc(C(Cl)c2cccc(Cl)c2)cc1. The van der Waals surface area contributed by atoms with Crippen molar-refractivity contribution in [1.82, 2.24) is 0 Å². The number of halogens is 2. The normalized spacial score (nSPS) is 12.2. The Morgan fingerprint density at radius 2 is 1.78 bits per heavy atom. The number of ether oxygens (including phenoxy) is 1. The van der Waals surface area contributed by atoms with Gasteiger partial charge in [-0.3, -0.25) is 0 Å². The average molecular weight is 281 g/mol. The van der Waals surface area contributed by atoms with Crippen LogP contribution in [0.3, 0.4) is 0 Å². The lowest BCUT2D eigenvalue weighted by Gasteiger charge is -2.11. The Hall–Kier alpha value is -1.18. The molecule has 0 radical (unpaired) electrons. The van der Waals surface area contributed by atoms with Crippen molar-refractivity contribution in [3.05, 3.63) is 64.7 Å². The molecule has 1 nitrogen and oxygen atoms in total. The van der Waals surface area contributed by atoms with Crippen LogP contribution >= 0.6 is 23.2 Å². The predicted octanol–water partition coefficient (Wildman–Crippen LogP) is 5.07. The lowest BCUT2D eigenvalue weighted by atomic mass is 10.0. The molecule has 0 amide bonds. The van der Waals surface area contributed by atoms with E-state index in [2.05, 4.69) is 0 Å². The summed E-state index contributed by atoms with van der Waals surface area (Å²) in [7, 11) is 0. The lowest BCUT2D eigenvalue weighted by molar-refractivity contribution is 0.340. The predicted molar refractivity (Wildman–Crippen MR) is 76.8 cm³/mol. The summed E-state index contributed by atoms with van der Waals surface area (Å²) in [6, 6.07) is 15.4. The maximum atomic E-state index is 6.43. The van der Waals surface area contributed by atoms with Gasteiger partial charge in [-0.1, -0.05) is 35.9 Å². The third-order valence-corrected chi connectivity index (χ3v) is 3.36. The van der Waals surface area contributed by atoms with E-state index in [0.29, 0.717) is 11.6 Å². The largest absolute Gasteiger partial charge is 0.494 e. The van der Waals surface area contributed by atoms with Gasteiger partial charge in [0.15, 0.2) is 0 Å². The van der Waals surface area contributed by atoms with Crippen LogP contribution in [0.2, 0.25) is 5.02 Å². The van der Waals surface area contributed by atoms with Crippen LogP contribution in [0.25, 0.3) is 0 Å². The van der Waals surface area contributed by atoms with Gasteiger partial charge < -0.3 is 4.74 Å². The molecular weight excluding hydrogens is 267 g/mol. The molecule has 0 heterocycles. The first-order valence-electron chi connectivity index (χ1n) is 5.83. The first-order valence-corrected chi connectivity index (χ1v) is 6.64. The molecule has 2 aromatic rings. The first-order chi connectivity index (χ1) is 8.70. The van der Waals surface area contributed by atoms with Gasteiger partial charge in [-0.05, 0) is 42.3 Å². The van der Waals surface area contributed by atoms with E-state index in [0.717, 1.165) is 16.9 Å². The zero-order valence-corrected chi connectivity index (χ0v) is 11.6. The van der Waals surface area contributed by atoms with E-state index in [1.54, 1.807) is 0 Å². The van der Waals surface area contributed by atoms with Gasteiger partial charge in [0.1, 0.15) is 5.75 Å². The summed E-state index contributed by atoms with van der Waals surface area (Å²) in [6.07, 6.45) is 0. The average Bonchev–Trinajstić information content (AvgIpc) is 2.39. The third kappa shape index (κ3) is 3.18. The van der Waals surface area contributed by atoms with Gasteiger partial charge in [-0.2, -0.15) is 0 Å². The molecule has 0 fully saturated rings. The summed E-state index contributed by atoms with van der Waals surface area (Å²) in [6.45, 7) is 2.63. The highest BCUT2D eigenvalue weighted by molar-refractivity contribution is 6.30. The molecular formula is C15H14Cl2O. The number of hydrogen-bond acceptors (Lipinski definition) is 1. The molecule has 1 atom stereocenters. The van der Waals surface area contributed by atoms with E-state index < -0.39 is 0 Å². The van der Waals surface area contributed by atoms with Gasteiger partial charge >= 0.3 is 0 Å². The van der Waals surface area contributed by atoms with Crippen molar-refractivity contribution in [2.75, 3.05) is 6.61 Å². The Bertz CT molecular complexity index is 508. The van der Waals surface area contributed by atoms with E-state index in [1.807, 2.05) is 55.5 Å². The van der Waals surface area contributed by atoms with Crippen LogP contribution in [-0.4, -0.2) is 6.61 Å². The van der Waals surface area contributed by atoms with Gasteiger partial charge in [-0.25, -0.2) is 0 Å². The van der Waals surface area contributed by atoms with Crippen molar-refractivity contribution in [2.45, 2.75) is 12.3 Å². The summed E-state index contributed by atoms with van der Waals surface area (Å²) in [5.74, 6) is 0.858. The molecule has 0 saturated heterocycles. The van der Waals surface area contributed by atoms with E-state index in [4.69, 9.17) is 27.9 Å². The van der Waals surface area contributed by atoms with E-state index in [1.165, 1.54) is 0 Å². The molecule has 94 valence electrons. The van der Waals surface area contributed by atoms with Crippen LogP contribution in [0, 0.1) is 0 Å². The van der Waals surface area contributed by atoms with Crippen molar-refractivity contribution in [1.29, 1.82) is 0 Å². The van der Waals surface area contributed by atoms with E-state index >= 15 is 0 Å². The number of rotatable bonds is 4. The number of benzene rings is 2. The quantitative estimate of drug-likeness (QED) is 0.711. The highest BCUT2D eigenvalue weighted by Gasteiger charge is 2.10. The molecule has 0 aromatic heterocycles. The van der Waals surface area contributed by atoms with Gasteiger partial charge in [-0.15, -0.1) is 11.6 Å². The molecule has 2 aromatic carbocycles. The second-order valence-electron chi connectivity index (χ2n) is 3.92. The molecule has 2 rings (SSSR count). The van der Waals surface area contributed by atoms with Crippen LogP contribution in [0.1, 0.15) is 23.4 Å². The second kappa shape index (κ2) is 6.12. The number of alkyl halides is 1. The summed E-state index contributed by atoms with van der Waals surface area (Å²) in [5.41, 5.74) is 2.02. The van der Waals surface area contributed by atoms with Crippen LogP contribution < -0.4 is 4.74 Å². The Morgan fingerprint density at radius 3 is 2.39 bits per heavy atom. The van der Waals surface area contributed by atoms with Crippen molar-refractivity contribution in [2.24, 2.45) is 0 Å². The minimum Gasteiger partial charge on any atom is -0.494 e.